The topological polar surface area (TPSA) is 57.7 Å². The number of amides is 1. The van der Waals surface area contributed by atoms with E-state index < -0.39 is 10.0 Å². The van der Waals surface area contributed by atoms with Gasteiger partial charge in [-0.15, -0.1) is 0 Å². The van der Waals surface area contributed by atoms with Crippen molar-refractivity contribution < 1.29 is 13.2 Å². The fraction of sp³-hybridized carbons (Fsp3) is 0.533. The van der Waals surface area contributed by atoms with Crippen LogP contribution < -0.4 is 4.31 Å². The number of halogens is 1. The summed E-state index contributed by atoms with van der Waals surface area (Å²) in [7, 11) is -1.67. The first kappa shape index (κ1) is 19.0. The highest BCUT2D eigenvalue weighted by Crippen LogP contribution is 2.21. The highest BCUT2D eigenvalue weighted by molar-refractivity contribution is 9.10. The van der Waals surface area contributed by atoms with Gasteiger partial charge in [-0.3, -0.25) is 9.10 Å². The maximum absolute atomic E-state index is 12.1. The summed E-state index contributed by atoms with van der Waals surface area (Å²) in [6.07, 6.45) is 3.29. The van der Waals surface area contributed by atoms with E-state index in [0.29, 0.717) is 12.2 Å². The number of benzene rings is 1. The van der Waals surface area contributed by atoms with Gasteiger partial charge in [0, 0.05) is 31.0 Å². The van der Waals surface area contributed by atoms with Crippen LogP contribution in [0.25, 0.3) is 0 Å². The summed E-state index contributed by atoms with van der Waals surface area (Å²) in [5.41, 5.74) is 0.565. The Morgan fingerprint density at radius 3 is 2.27 bits per heavy atom. The van der Waals surface area contributed by atoms with Gasteiger partial charge in [-0.25, -0.2) is 8.42 Å². The van der Waals surface area contributed by atoms with Gasteiger partial charge in [-0.2, -0.15) is 0 Å². The Hall–Kier alpha value is -1.08. The summed E-state index contributed by atoms with van der Waals surface area (Å²) in [5.74, 6) is -0.0424. The molecule has 7 heteroatoms. The minimum atomic E-state index is -3.42. The van der Waals surface area contributed by atoms with E-state index in [0.717, 1.165) is 23.6 Å². The van der Waals surface area contributed by atoms with Crippen molar-refractivity contribution in [3.8, 4) is 0 Å². The van der Waals surface area contributed by atoms with Crippen LogP contribution in [0.5, 0.6) is 0 Å². The number of hydrogen-bond donors (Lipinski definition) is 0. The molecule has 1 aromatic rings. The van der Waals surface area contributed by atoms with Crippen LogP contribution in [-0.2, 0) is 14.8 Å². The van der Waals surface area contributed by atoms with Crippen molar-refractivity contribution in [3.05, 3.63) is 28.7 Å². The lowest BCUT2D eigenvalue weighted by molar-refractivity contribution is -0.129. The molecule has 0 saturated heterocycles. The number of nitrogens with zero attached hydrogens (tertiary/aromatic N) is 2. The first-order chi connectivity index (χ1) is 10.3. The summed E-state index contributed by atoms with van der Waals surface area (Å²) in [6.45, 7) is 2.92. The fourth-order valence-electron chi connectivity index (χ4n) is 2.00. The predicted octanol–water partition coefficient (Wildman–Crippen LogP) is 2.86. The van der Waals surface area contributed by atoms with Crippen molar-refractivity contribution in [2.75, 3.05) is 30.7 Å². The summed E-state index contributed by atoms with van der Waals surface area (Å²) in [5, 5.41) is 0. The van der Waals surface area contributed by atoms with E-state index in [4.69, 9.17) is 0 Å². The molecule has 22 heavy (non-hydrogen) atoms. The summed E-state index contributed by atoms with van der Waals surface area (Å²) in [6, 6.07) is 7.00. The predicted molar refractivity (Wildman–Crippen MR) is 93.5 cm³/mol. The SMILES string of the molecule is CCCCN(C)C(=O)CCN(c1ccc(Br)cc1)S(C)(=O)=O. The molecule has 0 aliphatic heterocycles. The molecule has 0 aliphatic carbocycles. The molecule has 0 atom stereocenters. The zero-order chi connectivity index (χ0) is 16.8. The largest absolute Gasteiger partial charge is 0.346 e. The first-order valence-corrected chi connectivity index (χ1v) is 9.87. The Morgan fingerprint density at radius 1 is 1.18 bits per heavy atom. The molecule has 0 bridgehead atoms. The van der Waals surface area contributed by atoms with Crippen molar-refractivity contribution >= 4 is 37.5 Å². The van der Waals surface area contributed by atoms with Gasteiger partial charge >= 0.3 is 0 Å². The average molecular weight is 391 g/mol. The van der Waals surface area contributed by atoms with Crippen molar-refractivity contribution in [1.29, 1.82) is 0 Å². The van der Waals surface area contributed by atoms with E-state index in [9.17, 15) is 13.2 Å². The van der Waals surface area contributed by atoms with Gasteiger partial charge in [0.2, 0.25) is 15.9 Å². The number of rotatable bonds is 8. The second-order valence-corrected chi connectivity index (χ2v) is 8.05. The Balaban J connectivity index is 2.76. The van der Waals surface area contributed by atoms with E-state index in [1.165, 1.54) is 4.31 Å². The second-order valence-electron chi connectivity index (χ2n) is 5.23. The number of anilines is 1. The van der Waals surface area contributed by atoms with Crippen LogP contribution in [0.15, 0.2) is 28.7 Å². The van der Waals surface area contributed by atoms with Crippen LogP contribution >= 0.6 is 15.9 Å². The standard InChI is InChI=1S/C15H23BrN2O3S/c1-4-5-11-17(2)15(19)10-12-18(22(3,20)21)14-8-6-13(16)7-9-14/h6-9H,4-5,10-12H2,1-3H3. The number of unbranched alkanes of at least 4 members (excludes halogenated alkanes) is 1. The normalized spacial score (nSPS) is 11.3. The van der Waals surface area contributed by atoms with Crippen LogP contribution in [0.1, 0.15) is 26.2 Å². The maximum Gasteiger partial charge on any atom is 0.232 e. The van der Waals surface area contributed by atoms with Crippen LogP contribution in [0, 0.1) is 0 Å². The molecule has 0 heterocycles. The van der Waals surface area contributed by atoms with Crippen molar-refractivity contribution in [2.24, 2.45) is 0 Å². The smallest absolute Gasteiger partial charge is 0.232 e. The monoisotopic (exact) mass is 390 g/mol. The van der Waals surface area contributed by atoms with E-state index in [2.05, 4.69) is 22.9 Å². The quantitative estimate of drug-likeness (QED) is 0.685. The molecule has 124 valence electrons. The molecule has 0 spiro atoms. The Labute approximate surface area is 141 Å². The minimum absolute atomic E-state index is 0.0424. The molecule has 0 saturated carbocycles. The molecule has 0 aromatic heterocycles. The van der Waals surface area contributed by atoms with Crippen molar-refractivity contribution in [1.82, 2.24) is 4.90 Å². The number of carbonyl (C=O) groups is 1. The van der Waals surface area contributed by atoms with E-state index in [-0.39, 0.29) is 18.9 Å². The summed E-state index contributed by atoms with van der Waals surface area (Å²) < 4.78 is 26.1. The molecule has 0 radical (unpaired) electrons. The highest BCUT2D eigenvalue weighted by Gasteiger charge is 2.19. The number of sulfonamides is 1. The van der Waals surface area contributed by atoms with Gasteiger partial charge in [-0.1, -0.05) is 29.3 Å². The lowest BCUT2D eigenvalue weighted by atomic mass is 10.3. The Kier molecular flexibility index (Phi) is 7.35. The van der Waals surface area contributed by atoms with Crippen LogP contribution in [0.2, 0.25) is 0 Å². The lowest BCUT2D eigenvalue weighted by Crippen LogP contribution is -2.35. The van der Waals surface area contributed by atoms with E-state index in [1.54, 1.807) is 36.2 Å². The first-order valence-electron chi connectivity index (χ1n) is 7.23. The third kappa shape index (κ3) is 5.96. The average Bonchev–Trinajstić information content (AvgIpc) is 2.45. The van der Waals surface area contributed by atoms with Gasteiger partial charge in [0.1, 0.15) is 0 Å². The Morgan fingerprint density at radius 2 is 1.77 bits per heavy atom. The summed E-state index contributed by atoms with van der Waals surface area (Å²) in [4.78, 5) is 13.7. The second kappa shape index (κ2) is 8.53. The highest BCUT2D eigenvalue weighted by atomic mass is 79.9. The zero-order valence-electron chi connectivity index (χ0n) is 13.3. The van der Waals surface area contributed by atoms with Crippen LogP contribution in [-0.4, -0.2) is 45.6 Å². The summed E-state index contributed by atoms with van der Waals surface area (Å²) >= 11 is 3.32. The Bertz CT molecular complexity index is 587. The van der Waals surface area contributed by atoms with Crippen LogP contribution in [0.4, 0.5) is 5.69 Å². The van der Waals surface area contributed by atoms with Crippen molar-refractivity contribution in [2.45, 2.75) is 26.2 Å². The fourth-order valence-corrected chi connectivity index (χ4v) is 3.19. The molecule has 5 nitrogen and oxygen atoms in total. The third-order valence-electron chi connectivity index (χ3n) is 3.32. The maximum atomic E-state index is 12.1. The molecule has 0 N–H and O–H groups in total. The van der Waals surface area contributed by atoms with Crippen molar-refractivity contribution in [3.63, 3.8) is 0 Å². The molecular formula is C15H23BrN2O3S. The molecule has 1 aromatic carbocycles. The molecule has 1 rings (SSSR count). The molecule has 1 amide bonds. The van der Waals surface area contributed by atoms with Gasteiger partial charge in [0.05, 0.1) is 11.9 Å². The molecular weight excluding hydrogens is 368 g/mol. The minimum Gasteiger partial charge on any atom is -0.346 e. The van der Waals surface area contributed by atoms with Gasteiger partial charge in [0.15, 0.2) is 0 Å². The molecule has 0 aliphatic rings. The third-order valence-corrected chi connectivity index (χ3v) is 5.04. The van der Waals surface area contributed by atoms with Crippen LogP contribution in [0.3, 0.4) is 0 Å². The number of hydrogen-bond acceptors (Lipinski definition) is 3. The van der Waals surface area contributed by atoms with Gasteiger partial charge in [0.25, 0.3) is 0 Å². The van der Waals surface area contributed by atoms with E-state index in [1.807, 2.05) is 0 Å². The molecule has 0 unspecified atom stereocenters. The van der Waals surface area contributed by atoms with Gasteiger partial charge in [-0.05, 0) is 30.7 Å². The van der Waals surface area contributed by atoms with Gasteiger partial charge < -0.3 is 4.90 Å². The number of carbonyl (C=O) groups excluding carboxylic acids is 1. The zero-order valence-corrected chi connectivity index (χ0v) is 15.7. The lowest BCUT2D eigenvalue weighted by Gasteiger charge is -2.24. The molecule has 0 fully saturated rings. The van der Waals surface area contributed by atoms with E-state index >= 15 is 0 Å².